The second-order valence-corrected chi connectivity index (χ2v) is 5.57. The second kappa shape index (κ2) is 6.66. The first-order chi connectivity index (χ1) is 11.5. The van der Waals surface area contributed by atoms with Gasteiger partial charge in [0.25, 0.3) is 0 Å². The number of rotatable bonds is 4. The van der Waals surface area contributed by atoms with Crippen molar-refractivity contribution in [3.8, 4) is 5.88 Å². The maximum atomic E-state index is 12.7. The van der Waals surface area contributed by atoms with Gasteiger partial charge in [-0.1, -0.05) is 0 Å². The van der Waals surface area contributed by atoms with Crippen LogP contribution in [-0.2, 0) is 6.18 Å². The van der Waals surface area contributed by atoms with Gasteiger partial charge < -0.3 is 9.64 Å². The van der Waals surface area contributed by atoms with E-state index in [1.807, 2.05) is 11.8 Å². The van der Waals surface area contributed by atoms with Gasteiger partial charge in [0.2, 0.25) is 5.88 Å². The van der Waals surface area contributed by atoms with Crippen molar-refractivity contribution in [3.05, 3.63) is 30.4 Å². The van der Waals surface area contributed by atoms with Crippen molar-refractivity contribution in [2.75, 3.05) is 24.6 Å². The monoisotopic (exact) mass is 341 g/mol. The van der Waals surface area contributed by atoms with Crippen LogP contribution in [0.1, 0.15) is 31.5 Å². The quantitative estimate of drug-likeness (QED) is 0.856. The van der Waals surface area contributed by atoms with Crippen molar-refractivity contribution in [1.29, 1.82) is 0 Å². The molecule has 0 amide bonds. The molecule has 0 spiro atoms. The number of nitrogens with zero attached hydrogens (tertiary/aromatic N) is 5. The van der Waals surface area contributed by atoms with Gasteiger partial charge in [-0.15, -0.1) is 0 Å². The molecular weight excluding hydrogens is 323 g/mol. The molecule has 1 saturated heterocycles. The van der Waals surface area contributed by atoms with Crippen LogP contribution in [0.25, 0.3) is 0 Å². The Morgan fingerprint density at radius 3 is 2.88 bits per heavy atom. The van der Waals surface area contributed by atoms with Gasteiger partial charge in [0.05, 0.1) is 25.0 Å². The fraction of sp³-hybridized carbons (Fsp3) is 0.533. The van der Waals surface area contributed by atoms with E-state index >= 15 is 0 Å². The molecule has 3 rings (SSSR count). The highest BCUT2D eigenvalue weighted by molar-refractivity contribution is 5.38. The number of ether oxygens (including phenoxy) is 1. The summed E-state index contributed by atoms with van der Waals surface area (Å²) in [7, 11) is 0. The Labute approximate surface area is 137 Å². The van der Waals surface area contributed by atoms with E-state index in [-0.39, 0.29) is 6.04 Å². The van der Waals surface area contributed by atoms with E-state index in [0.717, 1.165) is 25.5 Å². The van der Waals surface area contributed by atoms with E-state index in [9.17, 15) is 13.2 Å². The molecular formula is C15H18F3N5O. The predicted octanol–water partition coefficient (Wildman–Crippen LogP) is 2.93. The van der Waals surface area contributed by atoms with Gasteiger partial charge in [0.15, 0.2) is 11.5 Å². The van der Waals surface area contributed by atoms with Crippen molar-refractivity contribution in [2.45, 2.75) is 32.0 Å². The summed E-state index contributed by atoms with van der Waals surface area (Å²) >= 11 is 0. The topological polar surface area (TPSA) is 56.1 Å². The van der Waals surface area contributed by atoms with E-state index in [0.29, 0.717) is 24.8 Å². The van der Waals surface area contributed by atoms with Crippen molar-refractivity contribution < 1.29 is 17.9 Å². The maximum absolute atomic E-state index is 12.7. The van der Waals surface area contributed by atoms with Crippen LogP contribution in [0.4, 0.5) is 19.0 Å². The first-order valence-electron chi connectivity index (χ1n) is 7.79. The highest BCUT2D eigenvalue weighted by atomic mass is 19.4. The number of anilines is 1. The van der Waals surface area contributed by atoms with E-state index in [1.165, 1.54) is 17.1 Å². The molecule has 24 heavy (non-hydrogen) atoms. The molecule has 1 atom stereocenters. The lowest BCUT2D eigenvalue weighted by Gasteiger charge is -2.33. The molecule has 0 radical (unpaired) electrons. The lowest BCUT2D eigenvalue weighted by molar-refractivity contribution is -0.141. The zero-order valence-electron chi connectivity index (χ0n) is 13.2. The molecule has 1 fully saturated rings. The summed E-state index contributed by atoms with van der Waals surface area (Å²) in [5, 5.41) is 3.68. The Bertz CT molecular complexity index is 688. The number of alkyl halides is 3. The van der Waals surface area contributed by atoms with E-state index < -0.39 is 11.9 Å². The molecule has 1 aliphatic rings. The minimum atomic E-state index is -4.42. The first kappa shape index (κ1) is 16.5. The first-order valence-corrected chi connectivity index (χ1v) is 7.79. The van der Waals surface area contributed by atoms with Crippen LogP contribution in [0.5, 0.6) is 5.88 Å². The van der Waals surface area contributed by atoms with Crippen molar-refractivity contribution >= 4 is 5.82 Å². The number of hydrogen-bond acceptors (Lipinski definition) is 5. The van der Waals surface area contributed by atoms with Gasteiger partial charge in [-0.25, -0.2) is 0 Å². The standard InChI is InChI=1S/C15H18F3N5O/c1-2-24-14-9-19-8-13(20-14)22-6-3-4-11(10-22)23-7-5-12(21-23)15(16,17)18/h5,7-9,11H,2-4,6,10H2,1H3. The summed E-state index contributed by atoms with van der Waals surface area (Å²) in [6.45, 7) is 3.66. The van der Waals surface area contributed by atoms with Crippen LogP contribution in [0.15, 0.2) is 24.7 Å². The average molecular weight is 341 g/mol. The fourth-order valence-electron chi connectivity index (χ4n) is 2.78. The summed E-state index contributed by atoms with van der Waals surface area (Å²) in [5.41, 5.74) is -0.863. The predicted molar refractivity (Wildman–Crippen MR) is 80.9 cm³/mol. The average Bonchev–Trinajstić information content (AvgIpc) is 3.06. The molecule has 0 aromatic carbocycles. The second-order valence-electron chi connectivity index (χ2n) is 5.57. The SMILES string of the molecule is CCOc1cncc(N2CCCC(n3ccc(C(F)(F)F)n3)C2)n1. The van der Waals surface area contributed by atoms with Gasteiger partial charge in [-0.05, 0) is 25.8 Å². The van der Waals surface area contributed by atoms with Gasteiger partial charge in [0.1, 0.15) is 0 Å². The lowest BCUT2D eigenvalue weighted by atomic mass is 10.1. The third kappa shape index (κ3) is 3.60. The smallest absolute Gasteiger partial charge is 0.435 e. The van der Waals surface area contributed by atoms with E-state index in [2.05, 4.69) is 15.1 Å². The minimum absolute atomic E-state index is 0.132. The summed E-state index contributed by atoms with van der Waals surface area (Å²) in [4.78, 5) is 10.5. The Morgan fingerprint density at radius 1 is 1.33 bits per heavy atom. The van der Waals surface area contributed by atoms with E-state index in [1.54, 1.807) is 6.20 Å². The number of halogens is 3. The lowest BCUT2D eigenvalue weighted by Crippen LogP contribution is -2.37. The zero-order valence-corrected chi connectivity index (χ0v) is 13.2. The Kier molecular flexibility index (Phi) is 4.59. The molecule has 9 heteroatoms. The van der Waals surface area contributed by atoms with Gasteiger partial charge in [-0.3, -0.25) is 9.67 Å². The van der Waals surface area contributed by atoms with Gasteiger partial charge in [0, 0.05) is 19.3 Å². The van der Waals surface area contributed by atoms with Crippen molar-refractivity contribution in [1.82, 2.24) is 19.7 Å². The Balaban J connectivity index is 1.74. The minimum Gasteiger partial charge on any atom is -0.477 e. The molecule has 0 aliphatic carbocycles. The van der Waals surface area contributed by atoms with Crippen LogP contribution in [0, 0.1) is 0 Å². The maximum Gasteiger partial charge on any atom is 0.435 e. The fourth-order valence-corrected chi connectivity index (χ4v) is 2.78. The Morgan fingerprint density at radius 2 is 2.17 bits per heavy atom. The molecule has 1 unspecified atom stereocenters. The zero-order chi connectivity index (χ0) is 17.2. The molecule has 2 aromatic rings. The normalized spacial score (nSPS) is 18.7. The third-order valence-corrected chi connectivity index (χ3v) is 3.89. The van der Waals surface area contributed by atoms with Gasteiger partial charge >= 0.3 is 6.18 Å². The van der Waals surface area contributed by atoms with E-state index in [4.69, 9.17) is 4.74 Å². The molecule has 0 saturated carbocycles. The molecule has 2 aromatic heterocycles. The van der Waals surface area contributed by atoms with Crippen LogP contribution in [0.2, 0.25) is 0 Å². The largest absolute Gasteiger partial charge is 0.477 e. The van der Waals surface area contributed by atoms with Crippen LogP contribution < -0.4 is 9.64 Å². The van der Waals surface area contributed by atoms with Crippen molar-refractivity contribution in [2.24, 2.45) is 0 Å². The highest BCUT2D eigenvalue weighted by Crippen LogP contribution is 2.30. The molecule has 0 N–H and O–H groups in total. The molecule has 0 bridgehead atoms. The number of hydrogen-bond donors (Lipinski definition) is 0. The molecule has 6 nitrogen and oxygen atoms in total. The number of aromatic nitrogens is 4. The van der Waals surface area contributed by atoms with Crippen LogP contribution >= 0.6 is 0 Å². The van der Waals surface area contributed by atoms with Crippen molar-refractivity contribution in [3.63, 3.8) is 0 Å². The Hall–Kier alpha value is -2.32. The summed E-state index contributed by atoms with van der Waals surface area (Å²) in [6, 6.07) is 0.876. The summed E-state index contributed by atoms with van der Waals surface area (Å²) < 4.78 is 44.9. The molecule has 130 valence electrons. The number of piperidine rings is 1. The molecule has 3 heterocycles. The van der Waals surface area contributed by atoms with Gasteiger partial charge in [-0.2, -0.15) is 23.3 Å². The highest BCUT2D eigenvalue weighted by Gasteiger charge is 2.34. The summed E-state index contributed by atoms with van der Waals surface area (Å²) in [5.74, 6) is 1.10. The summed E-state index contributed by atoms with van der Waals surface area (Å²) in [6.07, 6.45) is 1.75. The third-order valence-electron chi connectivity index (χ3n) is 3.89. The van der Waals surface area contributed by atoms with Crippen LogP contribution in [0.3, 0.4) is 0 Å². The molecule has 1 aliphatic heterocycles. The van der Waals surface area contributed by atoms with Crippen LogP contribution in [-0.4, -0.2) is 39.4 Å².